The Kier molecular flexibility index (Phi) is 7.08. The molecule has 198 valence electrons. The minimum Gasteiger partial charge on any atom is -0.376 e. The lowest BCUT2D eigenvalue weighted by Gasteiger charge is -2.37. The van der Waals surface area contributed by atoms with E-state index in [9.17, 15) is 4.79 Å². The van der Waals surface area contributed by atoms with E-state index in [0.717, 1.165) is 74.1 Å². The monoisotopic (exact) mass is 512 g/mol. The highest BCUT2D eigenvalue weighted by molar-refractivity contribution is 5.83. The van der Waals surface area contributed by atoms with Crippen LogP contribution in [0.15, 0.2) is 53.3 Å². The smallest absolute Gasteiger partial charge is 0.253 e. The number of aromatic nitrogens is 5. The Balaban J connectivity index is 1.34. The zero-order valence-corrected chi connectivity index (χ0v) is 22.3. The average Bonchev–Trinajstić information content (AvgIpc) is 3.62. The molecule has 0 spiro atoms. The summed E-state index contributed by atoms with van der Waals surface area (Å²) < 4.78 is 7.75. The van der Waals surface area contributed by atoms with Crippen LogP contribution >= 0.6 is 0 Å². The van der Waals surface area contributed by atoms with Gasteiger partial charge in [-0.3, -0.25) is 9.69 Å². The largest absolute Gasteiger partial charge is 0.376 e. The number of aryl methyl sites for hydroxylation is 2. The molecule has 2 aliphatic heterocycles. The van der Waals surface area contributed by atoms with Crippen molar-refractivity contribution in [2.24, 2.45) is 5.92 Å². The number of nitrogens with one attached hydrogen (secondary N) is 1. The quantitative estimate of drug-likeness (QED) is 0.396. The van der Waals surface area contributed by atoms with Crippen LogP contribution in [0, 0.1) is 19.8 Å². The van der Waals surface area contributed by atoms with E-state index in [2.05, 4.69) is 81.7 Å². The second-order valence-electron chi connectivity index (χ2n) is 11.0. The van der Waals surface area contributed by atoms with Crippen molar-refractivity contribution in [3.8, 4) is 0 Å². The third kappa shape index (κ3) is 5.02. The molecule has 8 nitrogen and oxygen atoms in total. The number of likely N-dealkylation sites (tertiary alicyclic amines) is 1. The molecule has 0 radical (unpaired) electrons. The maximum absolute atomic E-state index is 13.7. The van der Waals surface area contributed by atoms with Crippen molar-refractivity contribution in [2.45, 2.75) is 64.6 Å². The standard InChI is InChI=1S/C30H36N6O2/c1-20-10-11-24-18-26(30(37)31-27(24)21(20)2)28(29-32-33-34-36(29)19-25-9-6-16-38-25)35-14-12-23(13-15-35)17-22-7-4-3-5-8-22/h3-5,7-8,10-11,18,23,25,28H,6,9,12-17,19H2,1-2H3,(H,31,37). The summed E-state index contributed by atoms with van der Waals surface area (Å²) in [7, 11) is 0. The van der Waals surface area contributed by atoms with E-state index in [-0.39, 0.29) is 17.7 Å². The van der Waals surface area contributed by atoms with Crippen LogP contribution in [0.2, 0.25) is 0 Å². The van der Waals surface area contributed by atoms with Gasteiger partial charge in [0, 0.05) is 12.2 Å². The number of rotatable bonds is 7. The lowest BCUT2D eigenvalue weighted by atomic mass is 9.89. The first-order valence-corrected chi connectivity index (χ1v) is 13.9. The van der Waals surface area contributed by atoms with Crippen molar-refractivity contribution in [1.29, 1.82) is 0 Å². The fraction of sp³-hybridized carbons (Fsp3) is 0.467. The Bertz CT molecular complexity index is 1450. The molecule has 0 bridgehead atoms. The van der Waals surface area contributed by atoms with E-state index in [4.69, 9.17) is 4.74 Å². The summed E-state index contributed by atoms with van der Waals surface area (Å²) in [4.78, 5) is 19.3. The zero-order chi connectivity index (χ0) is 26.1. The second-order valence-corrected chi connectivity index (χ2v) is 11.0. The molecule has 2 unspecified atom stereocenters. The van der Waals surface area contributed by atoms with Crippen LogP contribution in [0.5, 0.6) is 0 Å². The fourth-order valence-corrected chi connectivity index (χ4v) is 6.13. The summed E-state index contributed by atoms with van der Waals surface area (Å²) >= 11 is 0. The minimum atomic E-state index is -0.321. The molecule has 0 aliphatic carbocycles. The van der Waals surface area contributed by atoms with Crippen molar-refractivity contribution in [3.63, 3.8) is 0 Å². The van der Waals surface area contributed by atoms with E-state index in [1.807, 2.05) is 10.7 Å². The van der Waals surface area contributed by atoms with Gasteiger partial charge < -0.3 is 9.72 Å². The Morgan fingerprint density at radius 1 is 1.08 bits per heavy atom. The molecule has 1 N–H and O–H groups in total. The highest BCUT2D eigenvalue weighted by atomic mass is 16.5. The van der Waals surface area contributed by atoms with Gasteiger partial charge in [0.05, 0.1) is 18.2 Å². The number of pyridine rings is 1. The Labute approximate surface area is 223 Å². The fourth-order valence-electron chi connectivity index (χ4n) is 6.13. The molecule has 8 heteroatoms. The number of nitrogens with zero attached hydrogens (tertiary/aromatic N) is 5. The number of hydrogen-bond acceptors (Lipinski definition) is 6. The van der Waals surface area contributed by atoms with Gasteiger partial charge >= 0.3 is 0 Å². The lowest BCUT2D eigenvalue weighted by molar-refractivity contribution is 0.0892. The summed E-state index contributed by atoms with van der Waals surface area (Å²) in [6.07, 6.45) is 5.40. The molecular weight excluding hydrogens is 476 g/mol. The van der Waals surface area contributed by atoms with Crippen LogP contribution in [0.25, 0.3) is 10.9 Å². The van der Waals surface area contributed by atoms with Crippen molar-refractivity contribution in [3.05, 3.63) is 87.0 Å². The van der Waals surface area contributed by atoms with Gasteiger partial charge in [-0.1, -0.05) is 42.5 Å². The van der Waals surface area contributed by atoms with Gasteiger partial charge in [-0.25, -0.2) is 4.68 Å². The maximum Gasteiger partial charge on any atom is 0.253 e. The summed E-state index contributed by atoms with van der Waals surface area (Å²) in [5.41, 5.74) is 5.18. The number of ether oxygens (including phenoxy) is 1. The molecule has 6 rings (SSSR count). The average molecular weight is 513 g/mol. The maximum atomic E-state index is 13.7. The van der Waals surface area contributed by atoms with Crippen LogP contribution in [0.1, 0.15) is 59.8 Å². The minimum absolute atomic E-state index is 0.0747. The van der Waals surface area contributed by atoms with Crippen LogP contribution in [0.3, 0.4) is 0 Å². The highest BCUT2D eigenvalue weighted by Gasteiger charge is 2.34. The molecule has 2 atom stereocenters. The molecule has 2 fully saturated rings. The number of benzene rings is 2. The van der Waals surface area contributed by atoms with E-state index in [1.54, 1.807) is 0 Å². The molecule has 2 aromatic heterocycles. The van der Waals surface area contributed by atoms with E-state index in [1.165, 1.54) is 11.1 Å². The zero-order valence-electron chi connectivity index (χ0n) is 22.3. The van der Waals surface area contributed by atoms with E-state index < -0.39 is 0 Å². The van der Waals surface area contributed by atoms with Crippen LogP contribution in [-0.2, 0) is 17.7 Å². The number of aromatic amines is 1. The molecule has 0 saturated carbocycles. The SMILES string of the molecule is Cc1ccc2cc(C(c3nnnn3CC3CCCO3)N3CCC(Cc4ccccc4)CC3)c(=O)[nH]c2c1C. The third-order valence-corrected chi connectivity index (χ3v) is 8.46. The molecule has 38 heavy (non-hydrogen) atoms. The van der Waals surface area contributed by atoms with Gasteiger partial charge in [0.25, 0.3) is 5.56 Å². The van der Waals surface area contributed by atoms with Crippen LogP contribution in [-0.4, -0.2) is 55.9 Å². The Morgan fingerprint density at radius 3 is 2.66 bits per heavy atom. The first-order chi connectivity index (χ1) is 18.6. The second kappa shape index (κ2) is 10.8. The topological polar surface area (TPSA) is 88.9 Å². The van der Waals surface area contributed by atoms with Gasteiger partial charge in [0.15, 0.2) is 5.82 Å². The number of tetrazole rings is 1. The number of fused-ring (bicyclic) bond motifs is 1. The molecule has 2 aromatic carbocycles. The summed E-state index contributed by atoms with van der Waals surface area (Å²) in [5.74, 6) is 1.34. The normalized spacial score (nSPS) is 19.8. The first kappa shape index (κ1) is 24.9. The van der Waals surface area contributed by atoms with Gasteiger partial charge in [-0.15, -0.1) is 5.10 Å². The predicted molar refractivity (Wildman–Crippen MR) is 147 cm³/mol. The highest BCUT2D eigenvalue weighted by Crippen LogP contribution is 2.33. The molecule has 2 saturated heterocycles. The first-order valence-electron chi connectivity index (χ1n) is 13.9. The predicted octanol–water partition coefficient (Wildman–Crippen LogP) is 4.35. The van der Waals surface area contributed by atoms with Crippen LogP contribution in [0.4, 0.5) is 0 Å². The van der Waals surface area contributed by atoms with E-state index in [0.29, 0.717) is 18.0 Å². The number of hydrogen-bond donors (Lipinski definition) is 1. The van der Waals surface area contributed by atoms with Crippen molar-refractivity contribution in [2.75, 3.05) is 19.7 Å². The van der Waals surface area contributed by atoms with Gasteiger partial charge in [-0.05, 0) is 104 Å². The number of H-pyrrole nitrogens is 1. The van der Waals surface area contributed by atoms with Crippen molar-refractivity contribution < 1.29 is 4.74 Å². The van der Waals surface area contributed by atoms with Crippen molar-refractivity contribution >= 4 is 10.9 Å². The summed E-state index contributed by atoms with van der Waals surface area (Å²) in [5, 5.41) is 13.9. The molecule has 0 amide bonds. The molecule has 4 heterocycles. The van der Waals surface area contributed by atoms with Gasteiger partial charge in [-0.2, -0.15) is 0 Å². The summed E-state index contributed by atoms with van der Waals surface area (Å²) in [6, 6.07) is 16.7. The number of piperidine rings is 1. The molecule has 4 aromatic rings. The Hall–Kier alpha value is -3.36. The Morgan fingerprint density at radius 2 is 1.89 bits per heavy atom. The van der Waals surface area contributed by atoms with Gasteiger partial charge in [0.1, 0.15) is 6.04 Å². The lowest BCUT2D eigenvalue weighted by Crippen LogP contribution is -2.41. The third-order valence-electron chi connectivity index (χ3n) is 8.46. The van der Waals surface area contributed by atoms with Crippen molar-refractivity contribution in [1.82, 2.24) is 30.1 Å². The molecular formula is C30H36N6O2. The summed E-state index contributed by atoms with van der Waals surface area (Å²) in [6.45, 7) is 7.29. The molecule has 2 aliphatic rings. The van der Waals surface area contributed by atoms with E-state index >= 15 is 0 Å². The van der Waals surface area contributed by atoms with Crippen LogP contribution < -0.4 is 5.56 Å². The van der Waals surface area contributed by atoms with Gasteiger partial charge in [0.2, 0.25) is 0 Å².